The molecule has 0 saturated heterocycles. The minimum absolute atomic E-state index is 0.226. The third-order valence-electron chi connectivity index (χ3n) is 2.97. The van der Waals surface area contributed by atoms with Gasteiger partial charge in [-0.15, -0.1) is 0 Å². The van der Waals surface area contributed by atoms with Crippen LogP contribution in [0.2, 0.25) is 0 Å². The molecule has 0 spiro atoms. The van der Waals surface area contributed by atoms with Crippen molar-refractivity contribution in [3.63, 3.8) is 0 Å². The molecule has 118 valence electrons. The predicted molar refractivity (Wildman–Crippen MR) is 85.3 cm³/mol. The van der Waals surface area contributed by atoms with Crippen LogP contribution in [0.25, 0.3) is 0 Å². The zero-order valence-corrected chi connectivity index (χ0v) is 13.8. The highest BCUT2D eigenvalue weighted by Crippen LogP contribution is 2.31. The van der Waals surface area contributed by atoms with Crippen molar-refractivity contribution in [2.45, 2.75) is 32.7 Å². The third kappa shape index (κ3) is 8.00. The SMILES string of the molecule is CC(C)C[C@H](NP(C)(=O)O)C(=O)NCCc1ccccc1. The molecule has 1 unspecified atom stereocenters. The van der Waals surface area contributed by atoms with E-state index in [4.69, 9.17) is 0 Å². The molecule has 1 amide bonds. The van der Waals surface area contributed by atoms with Crippen molar-refractivity contribution in [1.82, 2.24) is 10.4 Å². The highest BCUT2D eigenvalue weighted by atomic mass is 31.2. The summed E-state index contributed by atoms with van der Waals surface area (Å²) in [4.78, 5) is 21.6. The van der Waals surface area contributed by atoms with E-state index in [2.05, 4.69) is 10.4 Å². The topological polar surface area (TPSA) is 78.4 Å². The predicted octanol–water partition coefficient (Wildman–Crippen LogP) is 2.16. The summed E-state index contributed by atoms with van der Waals surface area (Å²) in [7, 11) is -3.43. The van der Waals surface area contributed by atoms with Gasteiger partial charge in [0, 0.05) is 13.2 Å². The van der Waals surface area contributed by atoms with Crippen LogP contribution in [-0.4, -0.2) is 30.1 Å². The molecule has 0 heterocycles. The van der Waals surface area contributed by atoms with Crippen LogP contribution in [-0.2, 0) is 15.8 Å². The lowest BCUT2D eigenvalue weighted by atomic mass is 10.0. The lowest BCUT2D eigenvalue weighted by Crippen LogP contribution is -2.44. The van der Waals surface area contributed by atoms with Crippen LogP contribution in [0.3, 0.4) is 0 Å². The maximum Gasteiger partial charge on any atom is 0.264 e. The lowest BCUT2D eigenvalue weighted by Gasteiger charge is -2.21. The Morgan fingerprint density at radius 2 is 1.90 bits per heavy atom. The van der Waals surface area contributed by atoms with Gasteiger partial charge in [-0.2, -0.15) is 0 Å². The molecular weight excluding hydrogens is 287 g/mol. The smallest absolute Gasteiger partial charge is 0.264 e. The van der Waals surface area contributed by atoms with Crippen LogP contribution in [0.5, 0.6) is 0 Å². The molecule has 1 aromatic rings. The standard InChI is InChI=1S/C15H25N2O3P/c1-12(2)11-14(17-21(3,19)20)15(18)16-10-9-13-7-5-4-6-8-13/h4-8,12,14H,9-11H2,1-3H3,(H,16,18)(H2,17,19,20)/t14-/m0/s1. The first-order valence-electron chi connectivity index (χ1n) is 7.17. The van der Waals surface area contributed by atoms with Crippen molar-refractivity contribution in [3.05, 3.63) is 35.9 Å². The lowest BCUT2D eigenvalue weighted by molar-refractivity contribution is -0.123. The van der Waals surface area contributed by atoms with Crippen LogP contribution in [0.15, 0.2) is 30.3 Å². The fourth-order valence-electron chi connectivity index (χ4n) is 2.08. The number of amides is 1. The van der Waals surface area contributed by atoms with Gasteiger partial charge in [0.15, 0.2) is 0 Å². The summed E-state index contributed by atoms with van der Waals surface area (Å²) in [5, 5.41) is 5.36. The minimum atomic E-state index is -3.43. The maximum atomic E-state index is 12.1. The third-order valence-corrected chi connectivity index (χ3v) is 3.77. The minimum Gasteiger partial charge on any atom is -0.354 e. The number of benzene rings is 1. The van der Waals surface area contributed by atoms with Gasteiger partial charge in [0.05, 0.1) is 6.04 Å². The van der Waals surface area contributed by atoms with Gasteiger partial charge in [0.25, 0.3) is 7.52 Å². The average Bonchev–Trinajstić information content (AvgIpc) is 2.37. The molecule has 2 atom stereocenters. The zero-order chi connectivity index (χ0) is 15.9. The summed E-state index contributed by atoms with van der Waals surface area (Å²) < 4.78 is 11.5. The normalized spacial score (nSPS) is 15.5. The van der Waals surface area contributed by atoms with E-state index in [-0.39, 0.29) is 11.8 Å². The second kappa shape index (κ2) is 8.32. The fraction of sp³-hybridized carbons (Fsp3) is 0.533. The molecule has 0 radical (unpaired) electrons. The summed E-state index contributed by atoms with van der Waals surface area (Å²) in [6, 6.07) is 9.24. The Hall–Kier alpha value is -1.16. The van der Waals surface area contributed by atoms with Gasteiger partial charge < -0.3 is 10.2 Å². The van der Waals surface area contributed by atoms with Gasteiger partial charge in [-0.25, -0.2) is 5.09 Å². The molecule has 6 heteroatoms. The first-order valence-corrected chi connectivity index (χ1v) is 9.28. The van der Waals surface area contributed by atoms with E-state index < -0.39 is 13.6 Å². The molecule has 1 rings (SSSR count). The quantitative estimate of drug-likeness (QED) is 0.643. The van der Waals surface area contributed by atoms with E-state index in [1.165, 1.54) is 6.66 Å². The van der Waals surface area contributed by atoms with Crippen molar-refractivity contribution < 1.29 is 14.3 Å². The number of hydrogen-bond donors (Lipinski definition) is 3. The van der Waals surface area contributed by atoms with Gasteiger partial charge in [-0.3, -0.25) is 9.36 Å². The van der Waals surface area contributed by atoms with Gasteiger partial charge in [0.1, 0.15) is 0 Å². The summed E-state index contributed by atoms with van der Waals surface area (Å²) in [6.45, 7) is 5.67. The largest absolute Gasteiger partial charge is 0.354 e. The van der Waals surface area contributed by atoms with Gasteiger partial charge >= 0.3 is 0 Å². The molecular formula is C15H25N2O3P. The number of rotatable bonds is 8. The molecule has 5 nitrogen and oxygen atoms in total. The van der Waals surface area contributed by atoms with E-state index in [1.54, 1.807) is 0 Å². The van der Waals surface area contributed by atoms with Gasteiger partial charge in [0.2, 0.25) is 5.91 Å². The summed E-state index contributed by atoms with van der Waals surface area (Å²) in [6.07, 6.45) is 1.26. The molecule has 0 aliphatic carbocycles. The first-order chi connectivity index (χ1) is 9.78. The van der Waals surface area contributed by atoms with Crippen LogP contribution in [0.1, 0.15) is 25.8 Å². The molecule has 0 aliphatic rings. The fourth-order valence-corrected chi connectivity index (χ4v) is 2.88. The Morgan fingerprint density at radius 1 is 1.29 bits per heavy atom. The Bertz CT molecular complexity index is 485. The van der Waals surface area contributed by atoms with Crippen molar-refractivity contribution in [3.8, 4) is 0 Å². The van der Waals surface area contributed by atoms with Crippen molar-refractivity contribution in [2.24, 2.45) is 5.92 Å². The maximum absolute atomic E-state index is 12.1. The van der Waals surface area contributed by atoms with Crippen LogP contribution < -0.4 is 10.4 Å². The molecule has 1 aromatic carbocycles. The molecule has 0 fully saturated rings. The molecule has 21 heavy (non-hydrogen) atoms. The van der Waals surface area contributed by atoms with Crippen molar-refractivity contribution in [2.75, 3.05) is 13.2 Å². The van der Waals surface area contributed by atoms with Crippen LogP contribution in [0.4, 0.5) is 0 Å². The highest BCUT2D eigenvalue weighted by Gasteiger charge is 2.24. The Labute approximate surface area is 126 Å². The summed E-state index contributed by atoms with van der Waals surface area (Å²) >= 11 is 0. The molecule has 3 N–H and O–H groups in total. The van der Waals surface area contributed by atoms with E-state index >= 15 is 0 Å². The van der Waals surface area contributed by atoms with E-state index in [0.717, 1.165) is 12.0 Å². The van der Waals surface area contributed by atoms with Crippen LogP contribution >= 0.6 is 7.52 Å². The molecule has 0 bridgehead atoms. The van der Waals surface area contributed by atoms with Gasteiger partial charge in [-0.05, 0) is 24.3 Å². The molecule has 0 saturated carbocycles. The Balaban J connectivity index is 2.50. The highest BCUT2D eigenvalue weighted by molar-refractivity contribution is 7.55. The average molecular weight is 312 g/mol. The Kier molecular flexibility index (Phi) is 7.09. The van der Waals surface area contributed by atoms with E-state index in [0.29, 0.717) is 13.0 Å². The number of carbonyl (C=O) groups is 1. The zero-order valence-electron chi connectivity index (χ0n) is 12.9. The number of hydrogen-bond acceptors (Lipinski definition) is 2. The van der Waals surface area contributed by atoms with Crippen molar-refractivity contribution in [1.29, 1.82) is 0 Å². The van der Waals surface area contributed by atoms with Crippen LogP contribution in [0, 0.1) is 5.92 Å². The second-order valence-electron chi connectivity index (χ2n) is 5.72. The van der Waals surface area contributed by atoms with E-state index in [9.17, 15) is 14.3 Å². The second-order valence-corrected chi connectivity index (χ2v) is 7.73. The summed E-state index contributed by atoms with van der Waals surface area (Å²) in [5.74, 6) is 0.0321. The van der Waals surface area contributed by atoms with Crippen molar-refractivity contribution >= 4 is 13.4 Å². The number of carbonyl (C=O) groups excluding carboxylic acids is 1. The first kappa shape index (κ1) is 17.9. The number of nitrogens with one attached hydrogen (secondary N) is 2. The molecule has 0 aromatic heterocycles. The van der Waals surface area contributed by atoms with Gasteiger partial charge in [-0.1, -0.05) is 44.2 Å². The monoisotopic (exact) mass is 312 g/mol. The Morgan fingerprint density at radius 3 is 2.43 bits per heavy atom. The van der Waals surface area contributed by atoms with E-state index in [1.807, 2.05) is 44.2 Å². The molecule has 0 aliphatic heterocycles. The summed E-state index contributed by atoms with van der Waals surface area (Å²) in [5.41, 5.74) is 1.15.